The molecule has 0 saturated carbocycles. The van der Waals surface area contributed by atoms with Gasteiger partial charge >= 0.3 is 0 Å². The van der Waals surface area contributed by atoms with Gasteiger partial charge in [0.05, 0.1) is 11.4 Å². The molecule has 110 valence electrons. The third-order valence-corrected chi connectivity index (χ3v) is 2.56. The van der Waals surface area contributed by atoms with Crippen LogP contribution in [0, 0.1) is 0 Å². The number of hydrogen-bond donors (Lipinski definition) is 1. The van der Waals surface area contributed by atoms with Crippen molar-refractivity contribution in [3.05, 3.63) is 55.0 Å². The quantitative estimate of drug-likeness (QED) is 0.792. The summed E-state index contributed by atoms with van der Waals surface area (Å²) in [7, 11) is 1.95. The predicted octanol–water partition coefficient (Wildman–Crippen LogP) is 4.73. The summed E-state index contributed by atoms with van der Waals surface area (Å²) in [6.07, 6.45) is 3.41. The van der Waals surface area contributed by atoms with Crippen LogP contribution in [0.4, 0.5) is 11.4 Å². The minimum Gasteiger partial charge on any atom is -0.453 e. The fourth-order valence-electron chi connectivity index (χ4n) is 1.73. The molecule has 20 heavy (non-hydrogen) atoms. The van der Waals surface area contributed by atoms with Crippen molar-refractivity contribution in [1.82, 2.24) is 0 Å². The molecule has 1 aromatic carbocycles. The number of nitrogens with two attached hydrogens (primary N) is 1. The van der Waals surface area contributed by atoms with Gasteiger partial charge in [-0.3, -0.25) is 0 Å². The van der Waals surface area contributed by atoms with Crippen LogP contribution in [0.1, 0.15) is 27.7 Å². The summed E-state index contributed by atoms with van der Waals surface area (Å²) in [5, 5.41) is 0. The lowest BCUT2D eigenvalue weighted by molar-refractivity contribution is 0.429. The summed E-state index contributed by atoms with van der Waals surface area (Å²) in [4.78, 5) is 1.99. The monoisotopic (exact) mass is 274 g/mol. The van der Waals surface area contributed by atoms with E-state index in [1.807, 2.05) is 57.8 Å². The van der Waals surface area contributed by atoms with Crippen molar-refractivity contribution in [3.8, 4) is 5.75 Å². The van der Waals surface area contributed by atoms with E-state index in [-0.39, 0.29) is 0 Å². The number of anilines is 2. The molecule has 0 spiro atoms. The van der Waals surface area contributed by atoms with Gasteiger partial charge in [-0.1, -0.05) is 40.9 Å². The van der Waals surface area contributed by atoms with Crippen LogP contribution in [-0.4, -0.2) is 7.05 Å². The molecule has 0 saturated heterocycles. The number of nitrogen functional groups attached to an aromatic ring is 1. The molecule has 0 fully saturated rings. The smallest absolute Gasteiger partial charge is 0.151 e. The summed E-state index contributed by atoms with van der Waals surface area (Å²) >= 11 is 0. The average molecular weight is 274 g/mol. The molecule has 0 aromatic heterocycles. The maximum atomic E-state index is 5.75. The highest BCUT2D eigenvalue weighted by Crippen LogP contribution is 2.38. The number of nitrogens with zero attached hydrogens (tertiary/aromatic N) is 1. The second kappa shape index (κ2) is 8.86. The molecule has 0 bridgehead atoms. The van der Waals surface area contributed by atoms with Gasteiger partial charge in [0.2, 0.25) is 0 Å². The number of rotatable bonds is 2. The Morgan fingerprint density at radius 3 is 2.20 bits per heavy atom. The molecular weight excluding hydrogens is 248 g/mol. The summed E-state index contributed by atoms with van der Waals surface area (Å²) in [5.41, 5.74) is 8.28. The Balaban J connectivity index is 0.000000829. The van der Waals surface area contributed by atoms with Crippen molar-refractivity contribution in [3.63, 3.8) is 0 Å². The van der Waals surface area contributed by atoms with Gasteiger partial charge < -0.3 is 15.4 Å². The molecule has 0 atom stereocenters. The molecule has 1 aliphatic heterocycles. The predicted molar refractivity (Wildman–Crippen MR) is 90.0 cm³/mol. The van der Waals surface area contributed by atoms with E-state index >= 15 is 0 Å². The van der Waals surface area contributed by atoms with Crippen LogP contribution >= 0.6 is 0 Å². The minimum atomic E-state index is 0.703. The molecule has 0 radical (unpaired) electrons. The van der Waals surface area contributed by atoms with Gasteiger partial charge in [-0.25, -0.2) is 0 Å². The number of allylic oxidation sites excluding steroid dienone is 2. The Kier molecular flexibility index (Phi) is 7.90. The van der Waals surface area contributed by atoms with E-state index in [1.165, 1.54) is 0 Å². The highest BCUT2D eigenvalue weighted by Gasteiger charge is 2.20. The van der Waals surface area contributed by atoms with Crippen LogP contribution in [0.3, 0.4) is 0 Å². The van der Waals surface area contributed by atoms with Crippen molar-refractivity contribution in [2.45, 2.75) is 27.7 Å². The van der Waals surface area contributed by atoms with Crippen LogP contribution in [-0.2, 0) is 0 Å². The molecule has 0 amide bonds. The molecule has 1 aliphatic rings. The second-order valence-corrected chi connectivity index (χ2v) is 3.55. The molecule has 3 heteroatoms. The number of likely N-dealkylation sites (N-methyl/N-ethyl adjacent to an activating group) is 1. The SMILES string of the molecule is C=CC1=C(C=C)N(C)c2cc(N)ccc2O1.CC.CC. The zero-order valence-electron chi connectivity index (χ0n) is 13.2. The number of hydrogen-bond acceptors (Lipinski definition) is 3. The Bertz CT molecular complexity index is 490. The molecule has 2 N–H and O–H groups in total. The fraction of sp³-hybridized carbons (Fsp3) is 0.294. The lowest BCUT2D eigenvalue weighted by atomic mass is 10.2. The molecular formula is C17H26N2O. The topological polar surface area (TPSA) is 38.5 Å². The third kappa shape index (κ3) is 3.67. The lowest BCUT2D eigenvalue weighted by Crippen LogP contribution is -2.23. The lowest BCUT2D eigenvalue weighted by Gasteiger charge is -2.29. The first-order valence-corrected chi connectivity index (χ1v) is 6.97. The van der Waals surface area contributed by atoms with Crippen molar-refractivity contribution in [1.29, 1.82) is 0 Å². The van der Waals surface area contributed by atoms with E-state index in [0.29, 0.717) is 11.4 Å². The normalized spacial score (nSPS) is 11.9. The van der Waals surface area contributed by atoms with Gasteiger partial charge in [0.15, 0.2) is 11.5 Å². The van der Waals surface area contributed by atoms with Crippen LogP contribution in [0.25, 0.3) is 0 Å². The second-order valence-electron chi connectivity index (χ2n) is 3.55. The van der Waals surface area contributed by atoms with Crippen molar-refractivity contribution >= 4 is 11.4 Å². The van der Waals surface area contributed by atoms with E-state index in [1.54, 1.807) is 12.2 Å². The Labute approximate surface area is 123 Å². The fourth-order valence-corrected chi connectivity index (χ4v) is 1.73. The zero-order chi connectivity index (χ0) is 15.7. The van der Waals surface area contributed by atoms with Gasteiger partial charge in [-0.2, -0.15) is 0 Å². The highest BCUT2D eigenvalue weighted by atomic mass is 16.5. The Morgan fingerprint density at radius 2 is 1.70 bits per heavy atom. The van der Waals surface area contributed by atoms with Crippen LogP contribution < -0.4 is 15.4 Å². The highest BCUT2D eigenvalue weighted by molar-refractivity contribution is 5.71. The Morgan fingerprint density at radius 1 is 1.10 bits per heavy atom. The number of fused-ring (bicyclic) bond motifs is 1. The first-order valence-electron chi connectivity index (χ1n) is 6.97. The first-order chi connectivity index (χ1) is 9.67. The largest absolute Gasteiger partial charge is 0.453 e. The van der Waals surface area contributed by atoms with E-state index in [2.05, 4.69) is 13.2 Å². The summed E-state index contributed by atoms with van der Waals surface area (Å²) in [6.45, 7) is 15.5. The zero-order valence-corrected chi connectivity index (χ0v) is 13.2. The summed E-state index contributed by atoms with van der Waals surface area (Å²) < 4.78 is 5.70. The van der Waals surface area contributed by atoms with Crippen molar-refractivity contribution < 1.29 is 4.74 Å². The summed E-state index contributed by atoms with van der Waals surface area (Å²) in [6, 6.07) is 5.54. The van der Waals surface area contributed by atoms with Gasteiger partial charge in [0.25, 0.3) is 0 Å². The van der Waals surface area contributed by atoms with Crippen LogP contribution in [0.2, 0.25) is 0 Å². The minimum absolute atomic E-state index is 0.703. The molecule has 0 unspecified atom stereocenters. The molecule has 1 heterocycles. The molecule has 2 rings (SSSR count). The van der Waals surface area contributed by atoms with E-state index in [4.69, 9.17) is 10.5 Å². The Hall–Kier alpha value is -2.16. The van der Waals surface area contributed by atoms with E-state index < -0.39 is 0 Å². The molecule has 1 aromatic rings. The van der Waals surface area contributed by atoms with E-state index in [9.17, 15) is 0 Å². The molecule has 3 nitrogen and oxygen atoms in total. The maximum Gasteiger partial charge on any atom is 0.151 e. The number of ether oxygens (including phenoxy) is 1. The van der Waals surface area contributed by atoms with Crippen LogP contribution in [0.5, 0.6) is 5.75 Å². The first kappa shape index (κ1) is 17.8. The average Bonchev–Trinajstić information content (AvgIpc) is 2.51. The third-order valence-electron chi connectivity index (χ3n) is 2.56. The van der Waals surface area contributed by atoms with Crippen molar-refractivity contribution in [2.24, 2.45) is 0 Å². The molecule has 0 aliphatic carbocycles. The summed E-state index contributed by atoms with van der Waals surface area (Å²) in [5.74, 6) is 1.48. The van der Waals surface area contributed by atoms with Gasteiger partial charge in [-0.05, 0) is 30.4 Å². The van der Waals surface area contributed by atoms with Crippen molar-refractivity contribution in [2.75, 3.05) is 17.7 Å². The van der Waals surface area contributed by atoms with Gasteiger partial charge in [0.1, 0.15) is 0 Å². The van der Waals surface area contributed by atoms with Gasteiger partial charge in [0, 0.05) is 12.7 Å². The number of benzene rings is 1. The van der Waals surface area contributed by atoms with Gasteiger partial charge in [-0.15, -0.1) is 0 Å². The van der Waals surface area contributed by atoms with E-state index in [0.717, 1.165) is 17.1 Å². The maximum absolute atomic E-state index is 5.75. The van der Waals surface area contributed by atoms with Crippen LogP contribution in [0.15, 0.2) is 55.0 Å². The standard InChI is InChI=1S/C13H14N2O.2C2H6/c1-4-10-12(5-2)16-13-7-6-9(14)8-11(13)15(10)3;2*1-2/h4-8H,1-2,14H2,3H3;2*1-2H3.